The van der Waals surface area contributed by atoms with Crippen molar-refractivity contribution < 1.29 is 17.9 Å². The second-order valence-electron chi connectivity index (χ2n) is 2.48. The summed E-state index contributed by atoms with van der Waals surface area (Å²) in [6, 6.07) is 1.12. The SMILES string of the molecule is Cc1c(OC(F)(F)F)[nH]c(Br)cc1=O. The Kier molecular flexibility index (Phi) is 2.89. The first kappa shape index (κ1) is 11.1. The Hall–Kier alpha value is -0.980. The highest BCUT2D eigenvalue weighted by atomic mass is 79.9. The summed E-state index contributed by atoms with van der Waals surface area (Å²) in [5, 5.41) is 0. The number of ether oxygens (including phenoxy) is 1. The van der Waals surface area contributed by atoms with Crippen LogP contribution in [0.25, 0.3) is 0 Å². The van der Waals surface area contributed by atoms with Crippen molar-refractivity contribution in [1.29, 1.82) is 0 Å². The highest BCUT2D eigenvalue weighted by Crippen LogP contribution is 2.23. The number of aromatic amines is 1. The van der Waals surface area contributed by atoms with Crippen molar-refractivity contribution in [2.45, 2.75) is 13.3 Å². The molecule has 1 aromatic rings. The van der Waals surface area contributed by atoms with E-state index >= 15 is 0 Å². The van der Waals surface area contributed by atoms with Crippen molar-refractivity contribution in [3.63, 3.8) is 0 Å². The Morgan fingerprint density at radius 1 is 1.50 bits per heavy atom. The normalized spacial score (nSPS) is 11.5. The van der Waals surface area contributed by atoms with Gasteiger partial charge in [-0.2, -0.15) is 0 Å². The predicted octanol–water partition coefficient (Wildman–Crippen LogP) is 2.34. The van der Waals surface area contributed by atoms with Gasteiger partial charge < -0.3 is 9.72 Å². The lowest BCUT2D eigenvalue weighted by atomic mass is 10.3. The number of pyridine rings is 1. The van der Waals surface area contributed by atoms with Crippen LogP contribution in [0, 0.1) is 6.92 Å². The van der Waals surface area contributed by atoms with E-state index in [-0.39, 0.29) is 10.2 Å². The molecule has 1 heterocycles. The summed E-state index contributed by atoms with van der Waals surface area (Å²) >= 11 is 2.85. The molecule has 78 valence electrons. The van der Waals surface area contributed by atoms with Crippen LogP contribution >= 0.6 is 15.9 Å². The molecule has 0 radical (unpaired) electrons. The molecular weight excluding hydrogens is 267 g/mol. The molecule has 7 heteroatoms. The Labute approximate surface area is 85.0 Å². The molecule has 0 spiro atoms. The van der Waals surface area contributed by atoms with Crippen molar-refractivity contribution >= 4 is 15.9 Å². The van der Waals surface area contributed by atoms with Gasteiger partial charge in [0, 0.05) is 6.07 Å². The van der Waals surface area contributed by atoms with Gasteiger partial charge >= 0.3 is 6.36 Å². The molecule has 0 bridgehead atoms. The summed E-state index contributed by atoms with van der Waals surface area (Å²) in [6.07, 6.45) is -4.81. The van der Waals surface area contributed by atoms with E-state index in [2.05, 4.69) is 25.7 Å². The largest absolute Gasteiger partial charge is 0.574 e. The van der Waals surface area contributed by atoms with E-state index in [0.717, 1.165) is 6.07 Å². The number of halogens is 4. The first-order chi connectivity index (χ1) is 6.29. The van der Waals surface area contributed by atoms with Crippen molar-refractivity contribution in [2.24, 2.45) is 0 Å². The van der Waals surface area contributed by atoms with Crippen molar-refractivity contribution in [2.75, 3.05) is 0 Å². The Bertz CT molecular complexity index is 399. The lowest BCUT2D eigenvalue weighted by Gasteiger charge is -2.10. The molecule has 0 unspecified atom stereocenters. The van der Waals surface area contributed by atoms with Crippen LogP contribution < -0.4 is 10.2 Å². The van der Waals surface area contributed by atoms with Gasteiger partial charge in [0.15, 0.2) is 5.43 Å². The van der Waals surface area contributed by atoms with Gasteiger partial charge in [-0.1, -0.05) is 0 Å². The highest BCUT2D eigenvalue weighted by molar-refractivity contribution is 9.10. The van der Waals surface area contributed by atoms with Crippen molar-refractivity contribution in [1.82, 2.24) is 4.98 Å². The van der Waals surface area contributed by atoms with E-state index in [1.165, 1.54) is 6.92 Å². The average molecular weight is 272 g/mol. The number of alkyl halides is 3. The summed E-state index contributed by atoms with van der Waals surface area (Å²) in [5.41, 5.74) is -0.652. The first-order valence-electron chi connectivity index (χ1n) is 3.45. The number of hydrogen-bond acceptors (Lipinski definition) is 2. The fourth-order valence-electron chi connectivity index (χ4n) is 0.791. The van der Waals surface area contributed by atoms with Crippen LogP contribution in [0.15, 0.2) is 15.5 Å². The number of rotatable bonds is 1. The molecule has 0 aromatic carbocycles. The molecule has 0 fully saturated rings. The molecule has 0 aliphatic heterocycles. The minimum atomic E-state index is -4.81. The predicted molar refractivity (Wildman–Crippen MR) is 46.2 cm³/mol. The van der Waals surface area contributed by atoms with Crippen LogP contribution in [-0.2, 0) is 0 Å². The van der Waals surface area contributed by atoms with Crippen molar-refractivity contribution in [3.05, 3.63) is 26.5 Å². The Morgan fingerprint density at radius 2 is 2.07 bits per heavy atom. The number of H-pyrrole nitrogens is 1. The zero-order valence-corrected chi connectivity index (χ0v) is 8.49. The summed E-state index contributed by atoms with van der Waals surface area (Å²) in [6.45, 7) is 1.24. The third kappa shape index (κ3) is 2.76. The van der Waals surface area contributed by atoms with Gasteiger partial charge in [-0.25, -0.2) is 0 Å². The zero-order chi connectivity index (χ0) is 10.9. The lowest BCUT2D eigenvalue weighted by molar-refractivity contribution is -0.276. The second-order valence-corrected chi connectivity index (χ2v) is 3.34. The molecule has 0 atom stereocenters. The summed E-state index contributed by atoms with van der Waals surface area (Å²) in [5.74, 6) is -0.600. The molecule has 3 nitrogen and oxygen atoms in total. The Morgan fingerprint density at radius 3 is 2.57 bits per heavy atom. The number of nitrogens with one attached hydrogen (secondary N) is 1. The van der Waals surface area contributed by atoms with Gasteiger partial charge in [0.1, 0.15) is 0 Å². The number of hydrogen-bond donors (Lipinski definition) is 1. The summed E-state index contributed by atoms with van der Waals surface area (Å²) < 4.78 is 39.2. The van der Waals surface area contributed by atoms with Crippen LogP contribution in [0.2, 0.25) is 0 Å². The molecule has 14 heavy (non-hydrogen) atoms. The van der Waals surface area contributed by atoms with Crippen LogP contribution in [0.4, 0.5) is 13.2 Å². The molecular formula is C7H5BrF3NO2. The minimum absolute atomic E-state index is 0.120. The monoisotopic (exact) mass is 271 g/mol. The third-order valence-corrected chi connectivity index (χ3v) is 1.85. The molecule has 1 aromatic heterocycles. The quantitative estimate of drug-likeness (QED) is 0.797. The lowest BCUT2D eigenvalue weighted by Crippen LogP contribution is -2.21. The van der Waals surface area contributed by atoms with Gasteiger partial charge in [0.2, 0.25) is 5.88 Å². The minimum Gasteiger partial charge on any atom is -0.389 e. The smallest absolute Gasteiger partial charge is 0.389 e. The van der Waals surface area contributed by atoms with Crippen LogP contribution in [-0.4, -0.2) is 11.3 Å². The zero-order valence-electron chi connectivity index (χ0n) is 6.91. The highest BCUT2D eigenvalue weighted by Gasteiger charge is 2.32. The molecule has 0 saturated carbocycles. The summed E-state index contributed by atoms with van der Waals surface area (Å²) in [4.78, 5) is 13.3. The van der Waals surface area contributed by atoms with Crippen molar-refractivity contribution in [3.8, 4) is 5.88 Å². The maximum atomic E-state index is 11.8. The van der Waals surface area contributed by atoms with Gasteiger partial charge in [-0.15, -0.1) is 13.2 Å². The van der Waals surface area contributed by atoms with E-state index in [1.54, 1.807) is 0 Å². The van der Waals surface area contributed by atoms with Crippen LogP contribution in [0.5, 0.6) is 5.88 Å². The van der Waals surface area contributed by atoms with Gasteiger partial charge in [-0.3, -0.25) is 4.79 Å². The van der Waals surface area contributed by atoms with Gasteiger partial charge in [-0.05, 0) is 22.9 Å². The second kappa shape index (κ2) is 3.64. The average Bonchev–Trinajstić information content (AvgIpc) is 1.96. The van der Waals surface area contributed by atoms with Crippen LogP contribution in [0.1, 0.15) is 5.56 Å². The molecule has 0 saturated heterocycles. The van der Waals surface area contributed by atoms with E-state index < -0.39 is 17.7 Å². The summed E-state index contributed by atoms with van der Waals surface area (Å²) in [7, 11) is 0. The molecule has 0 amide bonds. The fraction of sp³-hybridized carbons (Fsp3) is 0.286. The van der Waals surface area contributed by atoms with E-state index in [0.29, 0.717) is 0 Å². The third-order valence-electron chi connectivity index (χ3n) is 1.42. The van der Waals surface area contributed by atoms with E-state index in [1.807, 2.05) is 0 Å². The van der Waals surface area contributed by atoms with Gasteiger partial charge in [0.05, 0.1) is 10.2 Å². The molecule has 0 aliphatic carbocycles. The standard InChI is InChI=1S/C7H5BrF3NO2/c1-3-4(13)2-5(8)12-6(3)14-7(9,10)11/h2H,1H3,(H,12,13). The van der Waals surface area contributed by atoms with Crippen LogP contribution in [0.3, 0.4) is 0 Å². The first-order valence-corrected chi connectivity index (χ1v) is 4.24. The molecule has 1 rings (SSSR count). The maximum Gasteiger partial charge on any atom is 0.574 e. The van der Waals surface area contributed by atoms with Gasteiger partial charge in [0.25, 0.3) is 0 Å². The topological polar surface area (TPSA) is 42.1 Å². The molecule has 0 aliphatic rings. The van der Waals surface area contributed by atoms with E-state index in [9.17, 15) is 18.0 Å². The fourth-order valence-corrected chi connectivity index (χ4v) is 1.18. The Balaban J connectivity index is 3.15. The van der Waals surface area contributed by atoms with E-state index in [4.69, 9.17) is 0 Å². The number of aromatic nitrogens is 1. The molecule has 1 N–H and O–H groups in total. The maximum absolute atomic E-state index is 11.8.